The molecule has 3 aliphatic rings. The second-order valence-electron chi connectivity index (χ2n) is 7.04. The number of carboxylic acids is 1. The first-order valence-corrected chi connectivity index (χ1v) is 8.28. The molecular formula is C16H27NO4. The Balaban J connectivity index is 1.66. The molecule has 21 heavy (non-hydrogen) atoms. The molecule has 3 rings (SSSR count). The van der Waals surface area contributed by atoms with E-state index in [9.17, 15) is 9.90 Å². The average molecular weight is 297 g/mol. The summed E-state index contributed by atoms with van der Waals surface area (Å²) in [6.45, 7) is 5.97. The number of rotatable bonds is 4. The number of carbonyl (C=O) groups is 1. The third-order valence-corrected chi connectivity index (χ3v) is 5.62. The van der Waals surface area contributed by atoms with Crippen molar-refractivity contribution >= 4 is 5.97 Å². The van der Waals surface area contributed by atoms with Gasteiger partial charge < -0.3 is 14.6 Å². The Kier molecular flexibility index (Phi) is 4.26. The van der Waals surface area contributed by atoms with E-state index < -0.39 is 11.4 Å². The monoisotopic (exact) mass is 297 g/mol. The number of carboxylic acid groups (broad SMARTS) is 1. The molecule has 0 aromatic rings. The second-order valence-corrected chi connectivity index (χ2v) is 7.04. The first kappa shape index (κ1) is 15.3. The van der Waals surface area contributed by atoms with Crippen LogP contribution in [0.1, 0.15) is 45.4 Å². The van der Waals surface area contributed by atoms with E-state index in [0.29, 0.717) is 19.2 Å². The summed E-state index contributed by atoms with van der Waals surface area (Å²) in [6.07, 6.45) is 5.51. The van der Waals surface area contributed by atoms with Crippen LogP contribution in [-0.4, -0.2) is 60.5 Å². The number of nitrogens with zero attached hydrogens (tertiary/aromatic N) is 1. The molecule has 3 heterocycles. The normalized spacial score (nSPS) is 40.9. The van der Waals surface area contributed by atoms with Gasteiger partial charge in [0.15, 0.2) is 0 Å². The van der Waals surface area contributed by atoms with Crippen molar-refractivity contribution in [2.75, 3.05) is 32.9 Å². The lowest BCUT2D eigenvalue weighted by atomic mass is 9.82. The second kappa shape index (κ2) is 5.86. The molecule has 0 aromatic carbocycles. The van der Waals surface area contributed by atoms with E-state index >= 15 is 0 Å². The first-order chi connectivity index (χ1) is 10.1. The van der Waals surface area contributed by atoms with Crippen molar-refractivity contribution in [1.82, 2.24) is 4.90 Å². The van der Waals surface area contributed by atoms with E-state index in [2.05, 4.69) is 11.8 Å². The van der Waals surface area contributed by atoms with Crippen LogP contribution in [0.5, 0.6) is 0 Å². The summed E-state index contributed by atoms with van der Waals surface area (Å²) >= 11 is 0. The lowest BCUT2D eigenvalue weighted by Crippen LogP contribution is -2.49. The molecule has 0 saturated carbocycles. The Labute approximate surface area is 126 Å². The van der Waals surface area contributed by atoms with Gasteiger partial charge in [-0.05, 0) is 32.2 Å². The Morgan fingerprint density at radius 3 is 2.90 bits per heavy atom. The van der Waals surface area contributed by atoms with Crippen molar-refractivity contribution in [1.29, 1.82) is 0 Å². The van der Waals surface area contributed by atoms with Crippen LogP contribution < -0.4 is 0 Å². The average Bonchev–Trinajstić information content (AvgIpc) is 3.08. The van der Waals surface area contributed by atoms with Crippen molar-refractivity contribution in [3.05, 3.63) is 0 Å². The molecule has 5 heteroatoms. The van der Waals surface area contributed by atoms with Crippen LogP contribution in [0.25, 0.3) is 0 Å². The predicted octanol–water partition coefficient (Wildman–Crippen LogP) is 1.90. The van der Waals surface area contributed by atoms with Gasteiger partial charge in [-0.1, -0.05) is 13.3 Å². The molecular weight excluding hydrogens is 270 g/mol. The maximum Gasteiger partial charge on any atom is 0.310 e. The minimum atomic E-state index is -0.613. The summed E-state index contributed by atoms with van der Waals surface area (Å²) in [6, 6.07) is 0.457. The first-order valence-electron chi connectivity index (χ1n) is 8.28. The SMILES string of the molecule is CCCC1(C(=O)O)CCN(C2CCOC3(CCOC3)C2)C1. The molecule has 5 nitrogen and oxygen atoms in total. The molecule has 0 amide bonds. The van der Waals surface area contributed by atoms with E-state index in [1.165, 1.54) is 0 Å². The molecule has 0 bridgehead atoms. The van der Waals surface area contributed by atoms with Gasteiger partial charge in [0.25, 0.3) is 0 Å². The highest BCUT2D eigenvalue weighted by Crippen LogP contribution is 2.41. The smallest absolute Gasteiger partial charge is 0.310 e. The van der Waals surface area contributed by atoms with Gasteiger partial charge in [0.2, 0.25) is 0 Å². The van der Waals surface area contributed by atoms with Gasteiger partial charge >= 0.3 is 5.97 Å². The van der Waals surface area contributed by atoms with Crippen molar-refractivity contribution in [3.8, 4) is 0 Å². The van der Waals surface area contributed by atoms with Gasteiger partial charge in [-0.25, -0.2) is 0 Å². The zero-order valence-corrected chi connectivity index (χ0v) is 13.0. The Bertz CT molecular complexity index is 394. The summed E-state index contributed by atoms with van der Waals surface area (Å²) in [7, 11) is 0. The Morgan fingerprint density at radius 1 is 1.38 bits per heavy atom. The molecule has 3 fully saturated rings. The number of aliphatic carboxylic acids is 1. The van der Waals surface area contributed by atoms with Crippen molar-refractivity contribution in [3.63, 3.8) is 0 Å². The third-order valence-electron chi connectivity index (χ3n) is 5.62. The maximum atomic E-state index is 11.7. The molecule has 3 atom stereocenters. The third kappa shape index (κ3) is 2.83. The van der Waals surface area contributed by atoms with Crippen LogP contribution >= 0.6 is 0 Å². The lowest BCUT2D eigenvalue weighted by Gasteiger charge is -2.41. The van der Waals surface area contributed by atoms with E-state index in [0.717, 1.165) is 58.3 Å². The van der Waals surface area contributed by atoms with Gasteiger partial charge in [0.1, 0.15) is 0 Å². The molecule has 1 N–H and O–H groups in total. The highest BCUT2D eigenvalue weighted by atomic mass is 16.6. The Morgan fingerprint density at radius 2 is 2.24 bits per heavy atom. The van der Waals surface area contributed by atoms with Crippen LogP contribution in [0.15, 0.2) is 0 Å². The highest BCUT2D eigenvalue weighted by Gasteiger charge is 2.48. The van der Waals surface area contributed by atoms with Crippen LogP contribution in [-0.2, 0) is 14.3 Å². The summed E-state index contributed by atoms with van der Waals surface area (Å²) < 4.78 is 11.5. The molecule has 3 saturated heterocycles. The fourth-order valence-electron chi connectivity index (χ4n) is 4.36. The fraction of sp³-hybridized carbons (Fsp3) is 0.938. The lowest BCUT2D eigenvalue weighted by molar-refractivity contribution is -0.149. The zero-order chi connectivity index (χ0) is 14.9. The number of hydrogen-bond acceptors (Lipinski definition) is 4. The van der Waals surface area contributed by atoms with E-state index in [1.54, 1.807) is 0 Å². The minimum absolute atomic E-state index is 0.0951. The molecule has 0 aromatic heterocycles. The van der Waals surface area contributed by atoms with Gasteiger partial charge in [-0.15, -0.1) is 0 Å². The summed E-state index contributed by atoms with van der Waals surface area (Å²) in [5.41, 5.74) is -0.617. The van der Waals surface area contributed by atoms with E-state index in [1.807, 2.05) is 0 Å². The van der Waals surface area contributed by atoms with Crippen molar-refractivity contribution in [2.45, 2.75) is 57.1 Å². The number of hydrogen-bond donors (Lipinski definition) is 1. The molecule has 3 aliphatic heterocycles. The topological polar surface area (TPSA) is 59.0 Å². The quantitative estimate of drug-likeness (QED) is 0.859. The largest absolute Gasteiger partial charge is 0.481 e. The number of likely N-dealkylation sites (tertiary alicyclic amines) is 1. The van der Waals surface area contributed by atoms with Crippen LogP contribution in [0.4, 0.5) is 0 Å². The Hall–Kier alpha value is -0.650. The zero-order valence-electron chi connectivity index (χ0n) is 13.0. The molecule has 3 unspecified atom stereocenters. The molecule has 1 spiro atoms. The fourth-order valence-corrected chi connectivity index (χ4v) is 4.36. The van der Waals surface area contributed by atoms with Crippen LogP contribution in [0, 0.1) is 5.41 Å². The van der Waals surface area contributed by atoms with Gasteiger partial charge in [0, 0.05) is 32.2 Å². The predicted molar refractivity (Wildman–Crippen MR) is 78.3 cm³/mol. The molecule has 0 aliphatic carbocycles. The highest BCUT2D eigenvalue weighted by molar-refractivity contribution is 5.75. The summed E-state index contributed by atoms with van der Waals surface area (Å²) in [5, 5.41) is 9.64. The van der Waals surface area contributed by atoms with Crippen molar-refractivity contribution < 1.29 is 19.4 Å². The maximum absolute atomic E-state index is 11.7. The standard InChI is InChI=1S/C16H27NO4/c1-2-4-15(14(18)19)5-7-17(11-15)13-3-8-21-16(10-13)6-9-20-12-16/h13H,2-12H2,1H3,(H,18,19). The van der Waals surface area contributed by atoms with Gasteiger partial charge in [-0.2, -0.15) is 0 Å². The van der Waals surface area contributed by atoms with Gasteiger partial charge in [-0.3, -0.25) is 9.69 Å². The van der Waals surface area contributed by atoms with Gasteiger partial charge in [0.05, 0.1) is 17.6 Å². The number of ether oxygens (including phenoxy) is 2. The van der Waals surface area contributed by atoms with Crippen LogP contribution in [0.2, 0.25) is 0 Å². The van der Waals surface area contributed by atoms with E-state index in [4.69, 9.17) is 9.47 Å². The van der Waals surface area contributed by atoms with Crippen molar-refractivity contribution in [2.24, 2.45) is 5.41 Å². The molecule has 120 valence electrons. The molecule has 0 radical (unpaired) electrons. The van der Waals surface area contributed by atoms with E-state index in [-0.39, 0.29) is 5.60 Å². The summed E-state index contributed by atoms with van der Waals surface area (Å²) in [5.74, 6) is -0.613. The summed E-state index contributed by atoms with van der Waals surface area (Å²) in [4.78, 5) is 14.1. The van der Waals surface area contributed by atoms with Crippen LogP contribution in [0.3, 0.4) is 0 Å². The minimum Gasteiger partial charge on any atom is -0.481 e.